The number of phenolic OH excluding ortho intramolecular Hbond substituents is 2. The van der Waals surface area contributed by atoms with Crippen molar-refractivity contribution in [1.82, 2.24) is 0 Å². The number of hydrogen-bond donors (Lipinski definition) is 3. The maximum absolute atomic E-state index is 14.1. The number of aromatic hydroxyl groups is 2. The van der Waals surface area contributed by atoms with Crippen LogP contribution >= 0.6 is 0 Å². The van der Waals surface area contributed by atoms with E-state index in [0.717, 1.165) is 42.4 Å². The second kappa shape index (κ2) is 22.5. The van der Waals surface area contributed by atoms with E-state index >= 15 is 0 Å². The van der Waals surface area contributed by atoms with E-state index in [1.807, 2.05) is 65.8 Å². The summed E-state index contributed by atoms with van der Waals surface area (Å²) in [5.41, 5.74) is 1.74. The molecule has 0 fully saturated rings. The molecule has 0 aliphatic heterocycles. The number of esters is 1. The molecule has 0 saturated carbocycles. The Kier molecular flexibility index (Phi) is 19.9. The van der Waals surface area contributed by atoms with Crippen LogP contribution in [0.15, 0.2) is 24.3 Å². The molecule has 0 heterocycles. The normalized spacial score (nSPS) is 13.7. The summed E-state index contributed by atoms with van der Waals surface area (Å²) in [6.07, 6.45) is 20.3. The highest BCUT2D eigenvalue weighted by molar-refractivity contribution is 5.73. The monoisotopic (exact) mass is 807 g/mol. The van der Waals surface area contributed by atoms with Gasteiger partial charge in [0.2, 0.25) is 0 Å². The first-order valence-corrected chi connectivity index (χ1v) is 23.0. The van der Waals surface area contributed by atoms with Gasteiger partial charge in [-0.15, -0.1) is 0 Å². The Morgan fingerprint density at radius 2 is 0.845 bits per heavy atom. The van der Waals surface area contributed by atoms with Crippen molar-refractivity contribution in [2.75, 3.05) is 0 Å². The van der Waals surface area contributed by atoms with Crippen LogP contribution in [-0.2, 0) is 48.0 Å². The molecule has 58 heavy (non-hydrogen) atoms. The van der Waals surface area contributed by atoms with Crippen molar-refractivity contribution in [3.8, 4) is 11.5 Å². The molecule has 0 aliphatic rings. The second-order valence-corrected chi connectivity index (χ2v) is 21.6. The van der Waals surface area contributed by atoms with Gasteiger partial charge in [0.05, 0.1) is 6.42 Å². The molecule has 6 nitrogen and oxygen atoms in total. The number of carboxylic acids is 1. The van der Waals surface area contributed by atoms with Crippen LogP contribution < -0.4 is 0 Å². The van der Waals surface area contributed by atoms with Crippen molar-refractivity contribution in [2.24, 2.45) is 0 Å². The maximum atomic E-state index is 14.1. The molecule has 0 saturated heterocycles. The Hall–Kier alpha value is -3.02. The van der Waals surface area contributed by atoms with Crippen LogP contribution in [0.3, 0.4) is 0 Å². The predicted octanol–water partition coefficient (Wildman–Crippen LogP) is 14.8. The van der Waals surface area contributed by atoms with Crippen LogP contribution in [-0.4, -0.2) is 27.3 Å². The molecular formula is C52H86O6. The molecule has 6 heteroatoms. The van der Waals surface area contributed by atoms with Crippen molar-refractivity contribution < 1.29 is 29.6 Å². The van der Waals surface area contributed by atoms with Gasteiger partial charge in [0.15, 0.2) is 0 Å². The van der Waals surface area contributed by atoms with Gasteiger partial charge in [-0.1, -0.05) is 198 Å². The lowest BCUT2D eigenvalue weighted by Gasteiger charge is -2.36. The lowest BCUT2D eigenvalue weighted by Crippen LogP contribution is -2.36. The minimum Gasteiger partial charge on any atom is -0.507 e. The van der Waals surface area contributed by atoms with Gasteiger partial charge in [-0.2, -0.15) is 0 Å². The summed E-state index contributed by atoms with van der Waals surface area (Å²) in [4.78, 5) is 26.9. The summed E-state index contributed by atoms with van der Waals surface area (Å²) in [5, 5.41) is 33.3. The summed E-state index contributed by atoms with van der Waals surface area (Å²) in [6, 6.07) is 7.75. The molecule has 3 N–H and O–H groups in total. The van der Waals surface area contributed by atoms with Crippen molar-refractivity contribution >= 4 is 11.9 Å². The van der Waals surface area contributed by atoms with Crippen molar-refractivity contribution in [3.63, 3.8) is 0 Å². The molecule has 1 atom stereocenters. The predicted molar refractivity (Wildman–Crippen MR) is 244 cm³/mol. The molecule has 2 aromatic carbocycles. The molecule has 330 valence electrons. The van der Waals surface area contributed by atoms with Gasteiger partial charge < -0.3 is 20.1 Å². The largest absolute Gasteiger partial charge is 0.507 e. The summed E-state index contributed by atoms with van der Waals surface area (Å²) < 4.78 is 6.52. The number of unbranched alkanes of at least 4 members (excludes halogenated alkanes) is 15. The van der Waals surface area contributed by atoms with Gasteiger partial charge in [-0.05, 0) is 86.4 Å². The van der Waals surface area contributed by atoms with E-state index in [2.05, 4.69) is 48.5 Å². The van der Waals surface area contributed by atoms with Gasteiger partial charge in [0, 0.05) is 6.42 Å². The van der Waals surface area contributed by atoms with E-state index < -0.39 is 28.4 Å². The van der Waals surface area contributed by atoms with Gasteiger partial charge in [-0.25, -0.2) is 0 Å². The van der Waals surface area contributed by atoms with E-state index in [4.69, 9.17) is 4.74 Å². The summed E-state index contributed by atoms with van der Waals surface area (Å²) in [7, 11) is 0. The topological polar surface area (TPSA) is 104 Å². The zero-order valence-electron chi connectivity index (χ0n) is 39.5. The average molecular weight is 807 g/mol. The minimum absolute atomic E-state index is 0.0641. The van der Waals surface area contributed by atoms with Crippen molar-refractivity contribution in [3.05, 3.63) is 57.6 Å². The van der Waals surface area contributed by atoms with E-state index in [1.54, 1.807) is 0 Å². The summed E-state index contributed by atoms with van der Waals surface area (Å²) in [5.74, 6) is -0.987. The van der Waals surface area contributed by atoms with Crippen LogP contribution in [0.5, 0.6) is 11.5 Å². The molecule has 2 rings (SSSR count). The second-order valence-electron chi connectivity index (χ2n) is 21.6. The first kappa shape index (κ1) is 51.1. The summed E-state index contributed by atoms with van der Waals surface area (Å²) >= 11 is 0. The standard InChI is InChI=1S/C52H86O6/c1-14-15-16-17-18-19-20-21-22-23-24-25-26-27-28-29-32-52(37-44(53)54,39-35-42(50(8,9)10)47(57)43(36-39)51(11,12)13)58-45(55)31-30-38-33-40(48(2,3)4)46(56)41(34-38)49(5,6)7/h33-36,56-57H,14-32,37H2,1-13H3,(H,53,54). The third-order valence-corrected chi connectivity index (χ3v) is 11.8. The lowest BCUT2D eigenvalue weighted by molar-refractivity contribution is -0.167. The molecular weight excluding hydrogens is 721 g/mol. The molecule has 0 spiro atoms. The van der Waals surface area contributed by atoms with Gasteiger partial charge in [0.25, 0.3) is 0 Å². The number of benzene rings is 2. The van der Waals surface area contributed by atoms with Gasteiger partial charge >= 0.3 is 11.9 Å². The minimum atomic E-state index is -1.41. The van der Waals surface area contributed by atoms with E-state index in [-0.39, 0.29) is 29.4 Å². The molecule has 0 aromatic heterocycles. The van der Waals surface area contributed by atoms with Crippen LogP contribution in [0.4, 0.5) is 0 Å². The number of rotatable bonds is 24. The average Bonchev–Trinajstić information content (AvgIpc) is 3.08. The highest BCUT2D eigenvalue weighted by Gasteiger charge is 2.41. The third kappa shape index (κ3) is 16.6. The number of carbonyl (C=O) groups is 2. The van der Waals surface area contributed by atoms with E-state index in [0.29, 0.717) is 35.3 Å². The Bertz CT molecular complexity index is 1500. The lowest BCUT2D eigenvalue weighted by atomic mass is 9.74. The fraction of sp³-hybridized carbons (Fsp3) is 0.731. The first-order chi connectivity index (χ1) is 26.8. The first-order valence-electron chi connectivity index (χ1n) is 23.0. The van der Waals surface area contributed by atoms with Crippen LogP contribution in [0.1, 0.15) is 245 Å². The Labute approximate surface area is 355 Å². The SMILES string of the molecule is CCCCCCCCCCCCCCCCCCC(CC(=O)O)(OC(=O)CCc1cc(C(C)(C)C)c(O)c(C(C)(C)C)c1)c1cc(C(C)(C)C)c(O)c(C(C)(C)C)c1. The Morgan fingerprint density at radius 3 is 1.17 bits per heavy atom. The zero-order chi connectivity index (χ0) is 44.0. The maximum Gasteiger partial charge on any atom is 0.307 e. The van der Waals surface area contributed by atoms with Crippen molar-refractivity contribution in [1.29, 1.82) is 0 Å². The Morgan fingerprint density at radius 1 is 0.517 bits per heavy atom. The molecule has 1 unspecified atom stereocenters. The zero-order valence-corrected chi connectivity index (χ0v) is 39.5. The number of ether oxygens (including phenoxy) is 1. The highest BCUT2D eigenvalue weighted by Crippen LogP contribution is 2.46. The van der Waals surface area contributed by atoms with E-state index in [1.165, 1.54) is 77.0 Å². The molecule has 0 radical (unpaired) electrons. The summed E-state index contributed by atoms with van der Waals surface area (Å²) in [6.45, 7) is 26.9. The third-order valence-electron chi connectivity index (χ3n) is 11.8. The molecule has 0 bridgehead atoms. The number of carbonyl (C=O) groups excluding carboxylic acids is 1. The van der Waals surface area contributed by atoms with Crippen LogP contribution in [0, 0.1) is 0 Å². The fourth-order valence-corrected chi connectivity index (χ4v) is 8.22. The number of aliphatic carboxylic acids is 1. The smallest absolute Gasteiger partial charge is 0.307 e. The fourth-order valence-electron chi connectivity index (χ4n) is 8.22. The van der Waals surface area contributed by atoms with Crippen LogP contribution in [0.25, 0.3) is 0 Å². The van der Waals surface area contributed by atoms with Gasteiger partial charge in [0.1, 0.15) is 17.1 Å². The molecule has 0 amide bonds. The number of carboxylic acid groups (broad SMARTS) is 1. The van der Waals surface area contributed by atoms with E-state index in [9.17, 15) is 24.9 Å². The molecule has 2 aromatic rings. The number of aryl methyl sites for hydroxylation is 1. The number of phenols is 2. The molecule has 0 aliphatic carbocycles. The van der Waals surface area contributed by atoms with Crippen molar-refractivity contribution in [2.45, 2.75) is 246 Å². The highest BCUT2D eigenvalue weighted by atomic mass is 16.6. The quantitative estimate of drug-likeness (QED) is 0.0721. The van der Waals surface area contributed by atoms with Crippen LogP contribution in [0.2, 0.25) is 0 Å². The Balaban J connectivity index is 2.32. The number of hydrogen-bond acceptors (Lipinski definition) is 5. The van der Waals surface area contributed by atoms with Gasteiger partial charge in [-0.3, -0.25) is 9.59 Å².